The van der Waals surface area contributed by atoms with Crippen molar-refractivity contribution in [3.63, 3.8) is 0 Å². The first-order valence-electron chi connectivity index (χ1n) is 12.1. The molecule has 0 fully saturated rings. The first kappa shape index (κ1) is 28.7. The number of furan rings is 1. The average Bonchev–Trinajstić information content (AvgIpc) is 3.48. The lowest BCUT2D eigenvalue weighted by Gasteiger charge is -2.11. The molecule has 0 radical (unpaired) electrons. The van der Waals surface area contributed by atoms with Gasteiger partial charge in [0.2, 0.25) is 10.0 Å². The number of nitrogens with one attached hydrogen (secondary N) is 3. The Kier molecular flexibility index (Phi) is 9.04. The zero-order valence-electron chi connectivity index (χ0n) is 21.3. The molecule has 0 saturated carbocycles. The Morgan fingerprint density at radius 1 is 1.08 bits per heavy atom. The summed E-state index contributed by atoms with van der Waals surface area (Å²) in [7, 11) is -4.04. The van der Waals surface area contributed by atoms with Crippen LogP contribution in [0.5, 0.6) is 5.75 Å². The van der Waals surface area contributed by atoms with Gasteiger partial charge in [-0.2, -0.15) is 0 Å². The van der Waals surface area contributed by atoms with Gasteiger partial charge in [-0.25, -0.2) is 13.1 Å². The van der Waals surface area contributed by atoms with Gasteiger partial charge in [0, 0.05) is 22.5 Å². The number of aromatic nitrogens is 1. The molecule has 0 aliphatic carbocycles. The van der Waals surface area contributed by atoms with Gasteiger partial charge >= 0.3 is 0 Å². The Morgan fingerprint density at radius 2 is 1.79 bits per heavy atom. The van der Waals surface area contributed by atoms with E-state index in [2.05, 4.69) is 31.0 Å². The maximum atomic E-state index is 13.1. The van der Waals surface area contributed by atoms with Crippen LogP contribution in [-0.2, 0) is 16.4 Å². The fourth-order valence-corrected chi connectivity index (χ4v) is 5.42. The maximum Gasteiger partial charge on any atom is 0.287 e. The van der Waals surface area contributed by atoms with E-state index >= 15 is 0 Å². The number of fused-ring (bicyclic) bond motifs is 1. The smallest absolute Gasteiger partial charge is 0.287 e. The zero-order valence-corrected chi connectivity index (χ0v) is 24.4. The highest BCUT2D eigenvalue weighted by atomic mass is 79.9. The molecule has 2 heterocycles. The molecular weight excluding hydrogens is 610 g/mol. The minimum Gasteiger partial charge on any atom is -0.494 e. The summed E-state index contributed by atoms with van der Waals surface area (Å²) in [4.78, 5) is 28.2. The number of hydrogen-bond acceptors (Lipinski definition) is 6. The minimum atomic E-state index is -4.04. The summed E-state index contributed by atoms with van der Waals surface area (Å²) < 4.78 is 38.7. The zero-order chi connectivity index (χ0) is 28.2. The molecule has 2 aromatic heterocycles. The van der Waals surface area contributed by atoms with Crippen LogP contribution in [0.15, 0.2) is 57.6 Å². The van der Waals surface area contributed by atoms with Gasteiger partial charge in [0.15, 0.2) is 10.4 Å². The van der Waals surface area contributed by atoms with Crippen molar-refractivity contribution in [2.45, 2.75) is 26.7 Å². The van der Waals surface area contributed by atoms with E-state index in [0.717, 1.165) is 22.0 Å². The fraction of sp³-hybridized carbons (Fsp3) is 0.259. The van der Waals surface area contributed by atoms with Gasteiger partial charge < -0.3 is 19.5 Å². The lowest BCUT2D eigenvalue weighted by molar-refractivity contribution is 0.0926. The van der Waals surface area contributed by atoms with Crippen LogP contribution in [0, 0.1) is 13.8 Å². The molecule has 12 heteroatoms. The summed E-state index contributed by atoms with van der Waals surface area (Å²) >= 11 is 9.33. The monoisotopic (exact) mass is 635 g/mol. The van der Waals surface area contributed by atoms with E-state index < -0.39 is 27.6 Å². The van der Waals surface area contributed by atoms with Gasteiger partial charge in [-0.05, 0) is 89.6 Å². The number of sulfonamides is 1. The highest BCUT2D eigenvalue weighted by Gasteiger charge is 2.22. The number of H-pyrrole nitrogens is 1. The largest absolute Gasteiger partial charge is 0.494 e. The summed E-state index contributed by atoms with van der Waals surface area (Å²) in [6.45, 7) is 4.02. The van der Waals surface area contributed by atoms with Crippen LogP contribution in [0.3, 0.4) is 0 Å². The van der Waals surface area contributed by atoms with E-state index in [1.54, 1.807) is 6.07 Å². The van der Waals surface area contributed by atoms with Gasteiger partial charge in [0.1, 0.15) is 11.4 Å². The van der Waals surface area contributed by atoms with Crippen LogP contribution in [0.25, 0.3) is 10.9 Å². The molecule has 0 aliphatic heterocycles. The predicted octanol–water partition coefficient (Wildman–Crippen LogP) is 5.29. The first-order chi connectivity index (χ1) is 18.5. The molecular formula is C27H27BrClN3O6S. The third-order valence-electron chi connectivity index (χ3n) is 5.99. The molecule has 0 atom stereocenters. The summed E-state index contributed by atoms with van der Waals surface area (Å²) in [5, 5.41) is 4.00. The number of hydrogen-bond donors (Lipinski definition) is 3. The lowest BCUT2D eigenvalue weighted by atomic mass is 10.1. The molecule has 9 nitrogen and oxygen atoms in total. The van der Waals surface area contributed by atoms with E-state index in [0.29, 0.717) is 40.5 Å². The van der Waals surface area contributed by atoms with Crippen LogP contribution in [-0.4, -0.2) is 44.1 Å². The van der Waals surface area contributed by atoms with Crippen LogP contribution in [0.1, 0.15) is 44.2 Å². The second-order valence-electron chi connectivity index (χ2n) is 8.96. The van der Waals surface area contributed by atoms with Crippen molar-refractivity contribution in [2.24, 2.45) is 0 Å². The first-order valence-corrected chi connectivity index (χ1v) is 14.9. The number of aromatic amines is 1. The van der Waals surface area contributed by atoms with Crippen molar-refractivity contribution < 1.29 is 27.2 Å². The van der Waals surface area contributed by atoms with Crippen molar-refractivity contribution in [3.8, 4) is 5.75 Å². The number of halogens is 2. The summed E-state index contributed by atoms with van der Waals surface area (Å²) in [6.07, 6.45) is 1.07. The van der Waals surface area contributed by atoms with Crippen LogP contribution in [0.4, 0.5) is 0 Å². The van der Waals surface area contributed by atoms with E-state index in [4.69, 9.17) is 20.8 Å². The second-order valence-corrected chi connectivity index (χ2v) is 12.0. The molecule has 206 valence electrons. The molecule has 0 unspecified atom stereocenters. The highest BCUT2D eigenvalue weighted by Crippen LogP contribution is 2.27. The van der Waals surface area contributed by atoms with E-state index in [-0.39, 0.29) is 18.0 Å². The van der Waals surface area contributed by atoms with Crippen LogP contribution in [0.2, 0.25) is 5.02 Å². The normalized spacial score (nSPS) is 11.5. The van der Waals surface area contributed by atoms with Crippen molar-refractivity contribution >= 4 is 60.3 Å². The van der Waals surface area contributed by atoms with Crippen LogP contribution >= 0.6 is 27.5 Å². The number of benzene rings is 2. The minimum absolute atomic E-state index is 0.0383. The van der Waals surface area contributed by atoms with Crippen molar-refractivity contribution in [1.82, 2.24) is 15.0 Å². The van der Waals surface area contributed by atoms with Gasteiger partial charge in [0.05, 0.1) is 12.4 Å². The number of ether oxygens (including phenoxy) is 1. The molecule has 2 aromatic carbocycles. The number of carbonyl (C=O) groups is 2. The number of carbonyl (C=O) groups excluding carboxylic acids is 2. The Bertz CT molecular complexity index is 1610. The second kappa shape index (κ2) is 12.3. The van der Waals surface area contributed by atoms with Gasteiger partial charge in [-0.3, -0.25) is 9.59 Å². The summed E-state index contributed by atoms with van der Waals surface area (Å²) in [6, 6.07) is 14.1. The van der Waals surface area contributed by atoms with Crippen molar-refractivity contribution in [1.29, 1.82) is 0 Å². The molecule has 4 aromatic rings. The van der Waals surface area contributed by atoms with Gasteiger partial charge in [-0.1, -0.05) is 29.8 Å². The molecule has 3 N–H and O–H groups in total. The quantitative estimate of drug-likeness (QED) is 0.192. The fourth-order valence-electron chi connectivity index (χ4n) is 4.15. The number of para-hydroxylation sites is 1. The molecule has 0 bridgehead atoms. The molecule has 0 spiro atoms. The summed E-state index contributed by atoms with van der Waals surface area (Å²) in [5.41, 5.74) is 3.44. The average molecular weight is 637 g/mol. The van der Waals surface area contributed by atoms with Crippen LogP contribution < -0.4 is 14.8 Å². The Morgan fingerprint density at radius 3 is 2.49 bits per heavy atom. The lowest BCUT2D eigenvalue weighted by Crippen LogP contribution is -2.37. The van der Waals surface area contributed by atoms with E-state index in [1.807, 2.05) is 50.2 Å². The van der Waals surface area contributed by atoms with E-state index in [9.17, 15) is 18.0 Å². The summed E-state index contributed by atoms with van der Waals surface area (Å²) in [5.74, 6) is -1.07. The number of rotatable bonds is 11. The Hall–Kier alpha value is -3.28. The molecule has 4 rings (SSSR count). The van der Waals surface area contributed by atoms with Crippen molar-refractivity contribution in [3.05, 3.63) is 86.4 Å². The third kappa shape index (κ3) is 7.23. The highest BCUT2D eigenvalue weighted by molar-refractivity contribution is 9.10. The Labute approximate surface area is 239 Å². The molecule has 2 amide bonds. The Balaban J connectivity index is 1.39. The topological polar surface area (TPSA) is 130 Å². The SMILES string of the molecule is Cc1cc(OCCCc2c(C(=O)NS(=O)(=O)CCNC(=O)c3ccc(Br)o3)[nH]c3ccccc23)cc(C)c1Cl. The third-order valence-corrected chi connectivity index (χ3v) is 8.25. The molecule has 0 aliphatic rings. The number of aryl methyl sites for hydroxylation is 3. The maximum absolute atomic E-state index is 13.1. The van der Waals surface area contributed by atoms with E-state index in [1.165, 1.54) is 6.07 Å². The van der Waals surface area contributed by atoms with Gasteiger partial charge in [-0.15, -0.1) is 0 Å². The number of amides is 2. The standard InChI is InChI=1S/C27H27BrClN3O6S/c1-16-14-18(15-17(2)24(16)29)37-12-5-7-20-19-6-3-4-8-21(19)31-25(20)27(34)32-39(35,36)13-11-30-26(33)22-9-10-23(28)38-22/h3-4,6,8-10,14-15,31H,5,7,11-13H2,1-2H3,(H,30,33)(H,32,34). The molecule has 0 saturated heterocycles. The predicted molar refractivity (Wildman–Crippen MR) is 153 cm³/mol. The van der Waals surface area contributed by atoms with Crippen molar-refractivity contribution in [2.75, 3.05) is 18.9 Å². The molecule has 39 heavy (non-hydrogen) atoms. The van der Waals surface area contributed by atoms with Gasteiger partial charge in [0.25, 0.3) is 11.8 Å².